The molecule has 86 valence electrons. The van der Waals surface area contributed by atoms with E-state index in [4.69, 9.17) is 11.6 Å². The van der Waals surface area contributed by atoms with Crippen LogP contribution < -0.4 is 0 Å². The Kier molecular flexibility index (Phi) is 6.55. The van der Waals surface area contributed by atoms with Crippen molar-refractivity contribution in [2.45, 2.75) is 6.43 Å². The van der Waals surface area contributed by atoms with Gasteiger partial charge in [0.25, 0.3) is 6.43 Å². The highest BCUT2D eigenvalue weighted by Gasteiger charge is 2.13. The van der Waals surface area contributed by atoms with E-state index < -0.39 is 22.8 Å². The molecule has 0 atom stereocenters. The van der Waals surface area contributed by atoms with Crippen molar-refractivity contribution >= 4 is 21.4 Å². The summed E-state index contributed by atoms with van der Waals surface area (Å²) in [7, 11) is -3.10. The van der Waals surface area contributed by atoms with Gasteiger partial charge in [-0.15, -0.1) is 11.6 Å². The predicted octanol–water partition coefficient (Wildman–Crippen LogP) is 0.837. The first-order valence-electron chi connectivity index (χ1n) is 4.09. The minimum Gasteiger partial charge on any atom is -0.296 e. The number of nitrogens with zero attached hydrogens (tertiary/aromatic N) is 1. The van der Waals surface area contributed by atoms with E-state index in [1.165, 1.54) is 4.90 Å². The Morgan fingerprint density at radius 2 is 1.93 bits per heavy atom. The van der Waals surface area contributed by atoms with Gasteiger partial charge in [0, 0.05) is 25.2 Å². The van der Waals surface area contributed by atoms with Crippen LogP contribution in [-0.4, -0.2) is 57.3 Å². The van der Waals surface area contributed by atoms with Crippen LogP contribution in [0.1, 0.15) is 0 Å². The SMILES string of the molecule is CS(=O)(=O)CCN(CCCl)CC(F)F. The van der Waals surface area contributed by atoms with Gasteiger partial charge in [0.15, 0.2) is 0 Å². The zero-order valence-electron chi connectivity index (χ0n) is 7.92. The summed E-state index contributed by atoms with van der Waals surface area (Å²) < 4.78 is 45.5. The Morgan fingerprint density at radius 1 is 1.36 bits per heavy atom. The van der Waals surface area contributed by atoms with Crippen molar-refractivity contribution in [1.29, 1.82) is 0 Å². The van der Waals surface area contributed by atoms with E-state index in [0.717, 1.165) is 6.26 Å². The molecule has 3 nitrogen and oxygen atoms in total. The second kappa shape index (κ2) is 6.53. The van der Waals surface area contributed by atoms with Gasteiger partial charge in [0.1, 0.15) is 9.84 Å². The summed E-state index contributed by atoms with van der Waals surface area (Å²) in [6, 6.07) is 0. The third-order valence-electron chi connectivity index (χ3n) is 1.58. The van der Waals surface area contributed by atoms with Crippen molar-refractivity contribution in [2.24, 2.45) is 0 Å². The highest BCUT2D eigenvalue weighted by molar-refractivity contribution is 7.90. The van der Waals surface area contributed by atoms with Gasteiger partial charge in [-0.3, -0.25) is 4.90 Å². The first kappa shape index (κ1) is 14.1. The summed E-state index contributed by atoms with van der Waals surface area (Å²) in [5.41, 5.74) is 0. The second-order valence-electron chi connectivity index (χ2n) is 3.01. The quantitative estimate of drug-likeness (QED) is 0.628. The van der Waals surface area contributed by atoms with Gasteiger partial charge in [-0.2, -0.15) is 0 Å². The van der Waals surface area contributed by atoms with E-state index in [1.807, 2.05) is 0 Å². The lowest BCUT2D eigenvalue weighted by Crippen LogP contribution is -2.34. The van der Waals surface area contributed by atoms with Crippen LogP contribution in [0.25, 0.3) is 0 Å². The van der Waals surface area contributed by atoms with E-state index >= 15 is 0 Å². The Labute approximate surface area is 87.9 Å². The van der Waals surface area contributed by atoms with Crippen LogP contribution in [0.2, 0.25) is 0 Å². The Morgan fingerprint density at radius 3 is 2.29 bits per heavy atom. The molecule has 0 aliphatic rings. The topological polar surface area (TPSA) is 37.4 Å². The van der Waals surface area contributed by atoms with Crippen LogP contribution in [0.4, 0.5) is 8.78 Å². The van der Waals surface area contributed by atoms with Crippen molar-refractivity contribution in [2.75, 3.05) is 37.5 Å². The maximum atomic E-state index is 12.0. The molecule has 0 heterocycles. The van der Waals surface area contributed by atoms with Crippen molar-refractivity contribution in [3.8, 4) is 0 Å². The molecular weight excluding hydrogens is 236 g/mol. The third kappa shape index (κ3) is 8.65. The highest BCUT2D eigenvalue weighted by Crippen LogP contribution is 1.99. The number of sulfone groups is 1. The molecule has 0 aromatic rings. The van der Waals surface area contributed by atoms with Gasteiger partial charge >= 0.3 is 0 Å². The van der Waals surface area contributed by atoms with Crippen LogP contribution in [0.15, 0.2) is 0 Å². The van der Waals surface area contributed by atoms with Crippen molar-refractivity contribution in [3.05, 3.63) is 0 Å². The van der Waals surface area contributed by atoms with E-state index in [2.05, 4.69) is 0 Å². The van der Waals surface area contributed by atoms with E-state index in [-0.39, 0.29) is 24.7 Å². The fraction of sp³-hybridized carbons (Fsp3) is 1.00. The first-order chi connectivity index (χ1) is 6.35. The molecule has 7 heteroatoms. The summed E-state index contributed by atoms with van der Waals surface area (Å²) in [6.07, 6.45) is -1.38. The van der Waals surface area contributed by atoms with Crippen LogP contribution in [-0.2, 0) is 9.84 Å². The number of halogens is 3. The third-order valence-corrected chi connectivity index (χ3v) is 2.67. The molecule has 0 radical (unpaired) electrons. The number of hydrogen-bond donors (Lipinski definition) is 0. The second-order valence-corrected chi connectivity index (χ2v) is 5.65. The summed E-state index contributed by atoms with van der Waals surface area (Å²) in [4.78, 5) is 1.35. The zero-order chi connectivity index (χ0) is 11.2. The van der Waals surface area contributed by atoms with Gasteiger partial charge < -0.3 is 0 Å². The molecule has 0 aromatic carbocycles. The minimum atomic E-state index is -3.10. The van der Waals surface area contributed by atoms with E-state index in [0.29, 0.717) is 0 Å². The lowest BCUT2D eigenvalue weighted by Gasteiger charge is -2.19. The van der Waals surface area contributed by atoms with Gasteiger partial charge in [-0.25, -0.2) is 17.2 Å². The molecule has 0 unspecified atom stereocenters. The summed E-state index contributed by atoms with van der Waals surface area (Å²) in [6.45, 7) is -0.0421. The molecule has 0 aliphatic carbocycles. The molecule has 0 rings (SSSR count). The number of rotatable bonds is 7. The van der Waals surface area contributed by atoms with Gasteiger partial charge in [0.05, 0.1) is 12.3 Å². The van der Waals surface area contributed by atoms with Crippen molar-refractivity contribution in [3.63, 3.8) is 0 Å². The largest absolute Gasteiger partial charge is 0.296 e. The summed E-state index contributed by atoms with van der Waals surface area (Å²) in [5, 5.41) is 0. The van der Waals surface area contributed by atoms with E-state index in [9.17, 15) is 17.2 Å². The van der Waals surface area contributed by atoms with Crippen LogP contribution in [0, 0.1) is 0 Å². The predicted molar refractivity (Wildman–Crippen MR) is 52.9 cm³/mol. The molecule has 0 amide bonds. The maximum Gasteiger partial charge on any atom is 0.251 e. The zero-order valence-corrected chi connectivity index (χ0v) is 9.49. The van der Waals surface area contributed by atoms with E-state index in [1.54, 1.807) is 0 Å². The monoisotopic (exact) mass is 249 g/mol. The normalized spacial score (nSPS) is 12.7. The first-order valence-corrected chi connectivity index (χ1v) is 6.69. The van der Waals surface area contributed by atoms with Crippen molar-refractivity contribution < 1.29 is 17.2 Å². The summed E-state index contributed by atoms with van der Waals surface area (Å²) >= 11 is 5.39. The lowest BCUT2D eigenvalue weighted by molar-refractivity contribution is 0.0940. The molecule has 0 bridgehead atoms. The molecule has 0 aliphatic heterocycles. The van der Waals surface area contributed by atoms with Crippen LogP contribution >= 0.6 is 11.6 Å². The lowest BCUT2D eigenvalue weighted by atomic mass is 10.5. The number of alkyl halides is 3. The Hall–Kier alpha value is 0.0600. The average molecular weight is 250 g/mol. The highest BCUT2D eigenvalue weighted by atomic mass is 35.5. The Bertz CT molecular complexity index is 246. The molecule has 0 saturated heterocycles. The van der Waals surface area contributed by atoms with Crippen molar-refractivity contribution in [1.82, 2.24) is 4.90 Å². The summed E-state index contributed by atoms with van der Waals surface area (Å²) in [5.74, 6) is 0.104. The van der Waals surface area contributed by atoms with Gasteiger partial charge in [0.2, 0.25) is 0 Å². The molecule has 0 saturated carbocycles. The minimum absolute atomic E-state index is 0.107. The fourth-order valence-corrected chi connectivity index (χ4v) is 1.73. The smallest absolute Gasteiger partial charge is 0.251 e. The molecule has 14 heavy (non-hydrogen) atoms. The molecular formula is C7H14ClF2NO2S. The number of hydrogen-bond acceptors (Lipinski definition) is 3. The molecule has 0 spiro atoms. The molecule has 0 N–H and O–H groups in total. The standard InChI is InChI=1S/C7H14ClF2NO2S/c1-14(12,13)5-4-11(3-2-8)6-7(9)10/h7H,2-6H2,1H3. The average Bonchev–Trinajstić information content (AvgIpc) is 1.98. The Balaban J connectivity index is 3.96. The van der Waals surface area contributed by atoms with Gasteiger partial charge in [-0.1, -0.05) is 0 Å². The fourth-order valence-electron chi connectivity index (χ4n) is 0.904. The molecule has 0 aromatic heterocycles. The van der Waals surface area contributed by atoms with Gasteiger partial charge in [-0.05, 0) is 0 Å². The van der Waals surface area contributed by atoms with Crippen LogP contribution in [0.5, 0.6) is 0 Å². The van der Waals surface area contributed by atoms with Crippen LogP contribution in [0.3, 0.4) is 0 Å². The maximum absolute atomic E-state index is 12.0. The molecule has 0 fully saturated rings.